The number of ketones is 1. The lowest BCUT2D eigenvalue weighted by Crippen LogP contribution is -2.66. The van der Waals surface area contributed by atoms with Gasteiger partial charge in [-0.2, -0.15) is 0 Å². The minimum Gasteiger partial charge on any atom is -0.393 e. The first kappa shape index (κ1) is 16.6. The number of hydrogen-bond donors (Lipinski definition) is 2. The van der Waals surface area contributed by atoms with Crippen molar-refractivity contribution in [2.24, 2.45) is 34.5 Å². The van der Waals surface area contributed by atoms with Crippen LogP contribution in [0.3, 0.4) is 0 Å². The maximum absolute atomic E-state index is 13.0. The van der Waals surface area contributed by atoms with Crippen molar-refractivity contribution in [2.75, 3.05) is 0 Å². The van der Waals surface area contributed by atoms with Gasteiger partial charge in [0.25, 0.3) is 0 Å². The number of piperidine rings is 1. The Morgan fingerprint density at radius 2 is 1.75 bits per heavy atom. The van der Waals surface area contributed by atoms with Crippen LogP contribution in [0.5, 0.6) is 0 Å². The summed E-state index contributed by atoms with van der Waals surface area (Å²) in [5, 5.41) is 13.3. The summed E-state index contributed by atoms with van der Waals surface area (Å²) in [6.45, 7) is 6.32. The molecule has 1 saturated heterocycles. The Kier molecular flexibility index (Phi) is 3.66. The molecule has 3 aliphatic carbocycles. The van der Waals surface area contributed by atoms with Gasteiger partial charge in [0.05, 0.1) is 6.10 Å². The van der Waals surface area contributed by atoms with Crippen LogP contribution in [0.15, 0.2) is 0 Å². The van der Waals surface area contributed by atoms with Crippen molar-refractivity contribution in [1.29, 1.82) is 0 Å². The number of Topliss-reactive ketones (excluding diaryl/α,β-unsaturated/α-hetero) is 1. The molecule has 1 aliphatic heterocycles. The van der Waals surface area contributed by atoms with Gasteiger partial charge in [0, 0.05) is 17.9 Å². The monoisotopic (exact) mass is 333 g/mol. The van der Waals surface area contributed by atoms with Crippen molar-refractivity contribution in [2.45, 2.75) is 77.9 Å². The number of aliphatic hydroxyl groups is 1. The first-order valence-electron chi connectivity index (χ1n) is 9.76. The highest BCUT2D eigenvalue weighted by Crippen LogP contribution is 2.64. The van der Waals surface area contributed by atoms with E-state index in [0.717, 1.165) is 38.5 Å². The summed E-state index contributed by atoms with van der Waals surface area (Å²) in [4.78, 5) is 25.2. The highest BCUT2D eigenvalue weighted by atomic mass is 16.3. The number of hydrogen-bond acceptors (Lipinski definition) is 3. The maximum atomic E-state index is 13.0. The molecule has 134 valence electrons. The van der Waals surface area contributed by atoms with E-state index in [0.29, 0.717) is 24.0 Å². The predicted molar refractivity (Wildman–Crippen MR) is 91.1 cm³/mol. The fraction of sp³-hybridized carbons (Fsp3) is 0.900. The third kappa shape index (κ3) is 2.07. The summed E-state index contributed by atoms with van der Waals surface area (Å²) >= 11 is 0. The van der Waals surface area contributed by atoms with Gasteiger partial charge in [-0.1, -0.05) is 13.8 Å². The average Bonchev–Trinajstić information content (AvgIpc) is 2.86. The second kappa shape index (κ2) is 5.30. The van der Waals surface area contributed by atoms with Crippen molar-refractivity contribution in [3.8, 4) is 0 Å². The first-order valence-corrected chi connectivity index (χ1v) is 9.76. The van der Waals surface area contributed by atoms with Crippen molar-refractivity contribution in [3.63, 3.8) is 0 Å². The van der Waals surface area contributed by atoms with Gasteiger partial charge >= 0.3 is 0 Å². The number of rotatable bonds is 1. The molecule has 0 radical (unpaired) electrons. The van der Waals surface area contributed by atoms with Crippen LogP contribution in [0.2, 0.25) is 0 Å². The van der Waals surface area contributed by atoms with Crippen molar-refractivity contribution < 1.29 is 14.7 Å². The molecule has 1 amide bonds. The van der Waals surface area contributed by atoms with Crippen LogP contribution < -0.4 is 5.32 Å². The molecule has 4 heteroatoms. The highest BCUT2D eigenvalue weighted by molar-refractivity contribution is 5.83. The van der Waals surface area contributed by atoms with Crippen molar-refractivity contribution in [1.82, 2.24) is 5.32 Å². The molecule has 4 rings (SSSR count). The molecule has 0 spiro atoms. The molecule has 0 aromatic heterocycles. The average molecular weight is 333 g/mol. The zero-order valence-electron chi connectivity index (χ0n) is 15.2. The maximum Gasteiger partial charge on any atom is 0.223 e. The molecule has 4 nitrogen and oxygen atoms in total. The van der Waals surface area contributed by atoms with E-state index in [2.05, 4.69) is 19.2 Å². The summed E-state index contributed by atoms with van der Waals surface area (Å²) < 4.78 is 0. The summed E-state index contributed by atoms with van der Waals surface area (Å²) in [5.74, 6) is 1.44. The quantitative estimate of drug-likeness (QED) is 0.775. The van der Waals surface area contributed by atoms with Crippen LogP contribution in [0.1, 0.15) is 65.7 Å². The zero-order chi connectivity index (χ0) is 17.3. The fourth-order valence-corrected chi connectivity index (χ4v) is 7.16. The molecule has 3 saturated carbocycles. The van der Waals surface area contributed by atoms with Crippen molar-refractivity contribution >= 4 is 11.7 Å². The third-order valence-corrected chi connectivity index (χ3v) is 8.55. The molecule has 0 bridgehead atoms. The van der Waals surface area contributed by atoms with Crippen LogP contribution in [0, 0.1) is 34.5 Å². The normalized spacial score (nSPS) is 53.6. The minimum atomic E-state index is -0.276. The molecule has 4 aliphatic rings. The Bertz CT molecular complexity index is 575. The van der Waals surface area contributed by atoms with E-state index in [1.165, 1.54) is 0 Å². The van der Waals surface area contributed by atoms with E-state index in [-0.39, 0.29) is 40.7 Å². The van der Waals surface area contributed by atoms with Gasteiger partial charge in [-0.25, -0.2) is 0 Å². The van der Waals surface area contributed by atoms with Crippen molar-refractivity contribution in [3.05, 3.63) is 0 Å². The van der Waals surface area contributed by atoms with Crippen LogP contribution >= 0.6 is 0 Å². The minimum absolute atomic E-state index is 0.00170. The molecule has 0 aromatic rings. The summed E-state index contributed by atoms with van der Waals surface area (Å²) in [6, 6.07) is 0.115. The number of nitrogens with one attached hydrogen (secondary N) is 1. The second-order valence-electron chi connectivity index (χ2n) is 9.52. The Morgan fingerprint density at radius 1 is 1.08 bits per heavy atom. The van der Waals surface area contributed by atoms with E-state index in [4.69, 9.17) is 0 Å². The lowest BCUT2D eigenvalue weighted by molar-refractivity contribution is -0.159. The van der Waals surface area contributed by atoms with Gasteiger partial charge in [-0.15, -0.1) is 0 Å². The standard InChI is InChI=1S/C20H31NO3/c1-11(22)13-4-5-14-17-15(7-9-19(13,14)2)20(3)8-6-12(23)10-16(20)21-18(17)24/h12-17,23H,4-10H2,1-3H3,(H,21,24)/t12-,13-,14+,15+,16+,17+,19-,20-/m1/s1. The highest BCUT2D eigenvalue weighted by Gasteiger charge is 2.63. The topological polar surface area (TPSA) is 66.4 Å². The fourth-order valence-electron chi connectivity index (χ4n) is 7.16. The zero-order valence-corrected chi connectivity index (χ0v) is 15.2. The number of carbonyl (C=O) groups excluding carboxylic acids is 2. The van der Waals surface area contributed by atoms with Gasteiger partial charge < -0.3 is 10.4 Å². The molecule has 0 unspecified atom stereocenters. The summed E-state index contributed by atoms with van der Waals surface area (Å²) in [7, 11) is 0. The molecular weight excluding hydrogens is 302 g/mol. The Morgan fingerprint density at radius 3 is 2.46 bits per heavy atom. The Balaban J connectivity index is 1.68. The molecular formula is C20H31NO3. The molecule has 1 heterocycles. The van der Waals surface area contributed by atoms with E-state index >= 15 is 0 Å². The van der Waals surface area contributed by atoms with Crippen LogP contribution in [-0.2, 0) is 9.59 Å². The van der Waals surface area contributed by atoms with Crippen LogP contribution in [0.25, 0.3) is 0 Å². The van der Waals surface area contributed by atoms with Crippen LogP contribution in [-0.4, -0.2) is 28.9 Å². The number of fused-ring (bicyclic) bond motifs is 5. The summed E-state index contributed by atoms with van der Waals surface area (Å²) in [6.07, 6.45) is 6.36. The Labute approximate surface area is 144 Å². The smallest absolute Gasteiger partial charge is 0.223 e. The van der Waals surface area contributed by atoms with E-state index in [1.54, 1.807) is 6.92 Å². The third-order valence-electron chi connectivity index (χ3n) is 8.55. The summed E-state index contributed by atoms with van der Waals surface area (Å²) in [5.41, 5.74) is 0.106. The number of aliphatic hydroxyl groups excluding tert-OH is 1. The molecule has 24 heavy (non-hydrogen) atoms. The van der Waals surface area contributed by atoms with Gasteiger partial charge in [-0.05, 0) is 74.5 Å². The van der Waals surface area contributed by atoms with E-state index in [9.17, 15) is 14.7 Å². The lowest BCUT2D eigenvalue weighted by atomic mass is 9.48. The Hall–Kier alpha value is -0.900. The van der Waals surface area contributed by atoms with E-state index in [1.807, 2.05) is 0 Å². The van der Waals surface area contributed by atoms with Gasteiger partial charge in [0.1, 0.15) is 5.78 Å². The SMILES string of the molecule is CC(=O)[C@H]1CC[C@H]2[C@@H]3C(=O)N[C@H]4C[C@H](O)CC[C@]4(C)[C@H]3CC[C@]12C. The second-order valence-corrected chi connectivity index (χ2v) is 9.52. The first-order chi connectivity index (χ1) is 11.3. The largest absolute Gasteiger partial charge is 0.393 e. The molecule has 0 aromatic carbocycles. The number of carbonyl (C=O) groups is 2. The van der Waals surface area contributed by atoms with Gasteiger partial charge in [0.2, 0.25) is 5.91 Å². The molecule has 4 fully saturated rings. The van der Waals surface area contributed by atoms with Gasteiger partial charge in [0.15, 0.2) is 0 Å². The number of amides is 1. The molecule has 2 N–H and O–H groups in total. The predicted octanol–water partition coefficient (Wildman–Crippen LogP) is 2.68. The molecule has 8 atom stereocenters. The van der Waals surface area contributed by atoms with Gasteiger partial charge in [-0.3, -0.25) is 9.59 Å². The lowest BCUT2D eigenvalue weighted by Gasteiger charge is -2.60. The van der Waals surface area contributed by atoms with Crippen LogP contribution in [0.4, 0.5) is 0 Å². The van der Waals surface area contributed by atoms with E-state index < -0.39 is 0 Å².